The zero-order chi connectivity index (χ0) is 8.57. The molecule has 0 fully saturated rings. The van der Waals surface area contributed by atoms with Gasteiger partial charge >= 0.3 is 32.5 Å². The van der Waals surface area contributed by atoms with Gasteiger partial charge in [0, 0.05) is 0 Å². The van der Waals surface area contributed by atoms with Crippen LogP contribution in [-0.4, -0.2) is 20.5 Å². The molecular formula is C4H7O5Ti. The van der Waals surface area contributed by atoms with Gasteiger partial charge in [-0.15, -0.1) is 0 Å². The molecule has 0 amide bonds. The molecule has 0 radical (unpaired) electrons. The Hall–Kier alpha value is -0.386. The van der Waals surface area contributed by atoms with Crippen molar-refractivity contribution >= 4 is 11.8 Å². The Morgan fingerprint density at radius 1 is 1.50 bits per heavy atom. The number of Topliss-reactive ketones (excluding diaryl/α,β-unsaturated/α-hetero) is 1. The van der Waals surface area contributed by atoms with Crippen LogP contribution in [0.5, 0.6) is 0 Å². The van der Waals surface area contributed by atoms with Gasteiger partial charge in [-0.25, -0.2) is 0 Å². The molecule has 5 nitrogen and oxygen atoms in total. The Morgan fingerprint density at radius 2 is 1.80 bits per heavy atom. The Labute approximate surface area is 66.8 Å². The molecule has 0 aromatic heterocycles. The van der Waals surface area contributed by atoms with Gasteiger partial charge in [0.15, 0.2) is 0 Å². The number of carbonyl (C=O) groups excluding carboxylic acids is 1. The van der Waals surface area contributed by atoms with Crippen molar-refractivity contribution in [1.82, 2.24) is 0 Å². The van der Waals surface area contributed by atoms with Crippen LogP contribution >= 0.6 is 0 Å². The summed E-state index contributed by atoms with van der Waals surface area (Å²) in [5, 5.41) is 7.86. The number of carbonyl (C=O) groups is 2. The Kier molecular flexibility index (Phi) is 10.6. The molecule has 0 rings (SSSR count). The number of hydrogen-bond donors (Lipinski definition) is 2. The second-order valence-electron chi connectivity index (χ2n) is 1.36. The van der Waals surface area contributed by atoms with Gasteiger partial charge < -0.3 is 5.11 Å². The van der Waals surface area contributed by atoms with E-state index in [4.69, 9.17) is 12.1 Å². The van der Waals surface area contributed by atoms with E-state index < -0.39 is 25.5 Å². The first-order valence-corrected chi connectivity index (χ1v) is 3.60. The van der Waals surface area contributed by atoms with Crippen LogP contribution in [-0.2, 0) is 32.4 Å². The van der Waals surface area contributed by atoms with Crippen LogP contribution in [0.1, 0.15) is 13.3 Å². The molecule has 6 heteroatoms. The molecule has 0 saturated carbocycles. The number of rotatable bonds is 2. The summed E-state index contributed by atoms with van der Waals surface area (Å²) in [6.45, 7) is 1.24. The Balaban J connectivity index is 0. The van der Waals surface area contributed by atoms with Crippen LogP contribution < -0.4 is 0 Å². The van der Waals surface area contributed by atoms with E-state index in [1.807, 2.05) is 0 Å². The third-order valence-electron chi connectivity index (χ3n) is 0.400. The molecule has 0 aromatic rings. The number of aliphatic carboxylic acids is 1. The van der Waals surface area contributed by atoms with Crippen molar-refractivity contribution in [3.63, 3.8) is 0 Å². The van der Waals surface area contributed by atoms with E-state index in [0.29, 0.717) is 0 Å². The molecule has 0 heterocycles. The van der Waals surface area contributed by atoms with Crippen molar-refractivity contribution in [3.05, 3.63) is 0 Å². The molecule has 0 saturated heterocycles. The molecule has 0 unspecified atom stereocenters. The third-order valence-corrected chi connectivity index (χ3v) is 0.400. The molecule has 2 N–H and O–H groups in total. The van der Waals surface area contributed by atoms with Crippen molar-refractivity contribution in [1.29, 1.82) is 0 Å². The first-order valence-electron chi connectivity index (χ1n) is 2.27. The maximum absolute atomic E-state index is 9.87. The molecule has 10 heavy (non-hydrogen) atoms. The Morgan fingerprint density at radius 3 is 1.80 bits per heavy atom. The molecule has 57 valence electrons. The summed E-state index contributed by atoms with van der Waals surface area (Å²) in [5.41, 5.74) is 0. The van der Waals surface area contributed by atoms with Crippen molar-refractivity contribution < 1.29 is 41.2 Å². The fourth-order valence-electron chi connectivity index (χ4n) is 0.213. The Bertz CT molecular complexity index is 120. The first kappa shape index (κ1) is 12.3. The van der Waals surface area contributed by atoms with E-state index in [0.717, 1.165) is 0 Å². The standard InChI is InChI=1S/C4H6O3.H2O.O.Ti/c1-3(5)2-4(6)7;;;/h2H2,1H3,(H,6,7);1H2;;/q;;;+1/p-1. The molecule has 0 bridgehead atoms. The number of ketones is 1. The average molecular weight is 183 g/mol. The van der Waals surface area contributed by atoms with Crippen LogP contribution in [0.3, 0.4) is 0 Å². The topological polar surface area (TPSA) is 91.7 Å². The molecule has 0 aromatic carbocycles. The van der Waals surface area contributed by atoms with Gasteiger partial charge in [-0.1, -0.05) is 0 Å². The van der Waals surface area contributed by atoms with E-state index in [1.54, 1.807) is 0 Å². The normalized spacial score (nSPS) is 6.60. The van der Waals surface area contributed by atoms with E-state index in [1.165, 1.54) is 6.92 Å². The average Bonchev–Trinajstić information content (AvgIpc) is 1.62. The molecule has 0 aliphatic heterocycles. The summed E-state index contributed by atoms with van der Waals surface area (Å²) in [6.07, 6.45) is -0.361. The van der Waals surface area contributed by atoms with Crippen LogP contribution in [0.15, 0.2) is 0 Å². The maximum atomic E-state index is 9.87. The van der Waals surface area contributed by atoms with Gasteiger partial charge in [0.25, 0.3) is 0 Å². The molecule has 0 atom stereocenters. The van der Waals surface area contributed by atoms with Crippen molar-refractivity contribution in [2.45, 2.75) is 13.3 Å². The zero-order valence-electron chi connectivity index (χ0n) is 5.33. The fourth-order valence-corrected chi connectivity index (χ4v) is 0.213. The zero-order valence-corrected chi connectivity index (χ0v) is 6.89. The van der Waals surface area contributed by atoms with Crippen LogP contribution in [0.25, 0.3) is 0 Å². The van der Waals surface area contributed by atoms with E-state index >= 15 is 0 Å². The minimum absolute atomic E-state index is 0.312. The van der Waals surface area contributed by atoms with Crippen molar-refractivity contribution in [2.24, 2.45) is 0 Å². The number of carboxylic acids is 1. The second kappa shape index (κ2) is 8.61. The fraction of sp³-hybridized carbons (Fsp3) is 0.500. The van der Waals surface area contributed by atoms with E-state index in [-0.39, 0.29) is 12.2 Å². The minimum atomic E-state index is -1.75. The quantitative estimate of drug-likeness (QED) is 0.439. The predicted molar refractivity (Wildman–Crippen MR) is 25.8 cm³/mol. The summed E-state index contributed by atoms with van der Waals surface area (Å²) in [5.74, 6) is -1.37. The SMILES string of the molecule is CC(=O)CC(=O)O.[O]=[Ti][OH]. The van der Waals surface area contributed by atoms with Gasteiger partial charge in [0.05, 0.1) is 0 Å². The summed E-state index contributed by atoms with van der Waals surface area (Å²) >= 11 is -1.75. The predicted octanol–water partition coefficient (Wildman–Crippen LogP) is -0.628. The second-order valence-corrected chi connectivity index (χ2v) is 1.65. The monoisotopic (exact) mass is 183 g/mol. The van der Waals surface area contributed by atoms with E-state index in [9.17, 15) is 9.59 Å². The van der Waals surface area contributed by atoms with Crippen molar-refractivity contribution in [3.8, 4) is 0 Å². The van der Waals surface area contributed by atoms with Crippen LogP contribution in [0.4, 0.5) is 0 Å². The number of carboxylic acid groups (broad SMARTS) is 1. The summed E-state index contributed by atoms with van der Waals surface area (Å²) in [4.78, 5) is 19.5. The van der Waals surface area contributed by atoms with Gasteiger partial charge in [-0.3, -0.25) is 9.59 Å². The summed E-state index contributed by atoms with van der Waals surface area (Å²) < 4.78 is 15.8. The van der Waals surface area contributed by atoms with Gasteiger partial charge in [-0.2, -0.15) is 0 Å². The molecular weight excluding hydrogens is 176 g/mol. The molecule has 0 spiro atoms. The molecule has 0 aliphatic rings. The van der Waals surface area contributed by atoms with Gasteiger partial charge in [0.1, 0.15) is 12.2 Å². The van der Waals surface area contributed by atoms with Crippen LogP contribution in [0.2, 0.25) is 0 Å². The summed E-state index contributed by atoms with van der Waals surface area (Å²) in [7, 11) is 0. The van der Waals surface area contributed by atoms with Crippen molar-refractivity contribution in [2.75, 3.05) is 0 Å². The van der Waals surface area contributed by atoms with Gasteiger partial charge in [0.2, 0.25) is 0 Å². The summed E-state index contributed by atoms with van der Waals surface area (Å²) in [6, 6.07) is 0. The third kappa shape index (κ3) is 25.5. The van der Waals surface area contributed by atoms with E-state index in [2.05, 4.69) is 0 Å². The van der Waals surface area contributed by atoms with Gasteiger partial charge in [-0.05, 0) is 6.92 Å². The molecule has 0 aliphatic carbocycles. The number of hydrogen-bond acceptors (Lipinski definition) is 3. The first-order chi connectivity index (χ1) is 4.54. The van der Waals surface area contributed by atoms with Crippen LogP contribution in [0, 0.1) is 0 Å².